The summed E-state index contributed by atoms with van der Waals surface area (Å²) < 4.78 is 68.5. The van der Waals surface area contributed by atoms with E-state index in [2.05, 4.69) is 30.0 Å². The third-order valence-corrected chi connectivity index (χ3v) is 7.85. The molecule has 0 bridgehead atoms. The van der Waals surface area contributed by atoms with Crippen molar-refractivity contribution < 1.29 is 26.7 Å². The second-order valence-corrected chi connectivity index (χ2v) is 10.5. The Morgan fingerprint density at radius 3 is 2.21 bits per heavy atom. The summed E-state index contributed by atoms with van der Waals surface area (Å²) in [7, 11) is -1.31. The Bertz CT molecular complexity index is 1510. The lowest BCUT2D eigenvalue weighted by Gasteiger charge is -2.21. The standard InChI is InChI=1S/C22H23ClF2N8O4S/c1-12(19-26-10-14(23)11-27-19)13(2)38(34,35)31-22-29-28-20(15-8-9-32(30-15)21(24)25)33(22)18-16(36-3)6-5-7-17(18)37-4/h5-13,21H,1-4H3,(H,29,31)/t12-,13-/m0/s1. The highest BCUT2D eigenvalue weighted by Gasteiger charge is 2.33. The van der Waals surface area contributed by atoms with Gasteiger partial charge in [0.05, 0.1) is 24.5 Å². The molecule has 0 fully saturated rings. The predicted molar refractivity (Wildman–Crippen MR) is 134 cm³/mol. The molecule has 3 aromatic heterocycles. The molecule has 0 aliphatic carbocycles. The molecule has 16 heteroatoms. The molecular formula is C22H23ClF2N8O4S. The van der Waals surface area contributed by atoms with Crippen LogP contribution >= 0.6 is 11.6 Å². The normalized spacial score (nSPS) is 13.4. The van der Waals surface area contributed by atoms with E-state index in [1.807, 2.05) is 0 Å². The number of ether oxygens (including phenoxy) is 2. The summed E-state index contributed by atoms with van der Waals surface area (Å²) >= 11 is 5.85. The number of para-hydroxylation sites is 1. The van der Waals surface area contributed by atoms with E-state index < -0.39 is 27.7 Å². The Morgan fingerprint density at radius 2 is 1.66 bits per heavy atom. The smallest absolute Gasteiger partial charge is 0.333 e. The van der Waals surface area contributed by atoms with Gasteiger partial charge >= 0.3 is 6.55 Å². The van der Waals surface area contributed by atoms with E-state index in [1.54, 1.807) is 25.1 Å². The van der Waals surface area contributed by atoms with Gasteiger partial charge in [0.25, 0.3) is 0 Å². The first kappa shape index (κ1) is 27.2. The quantitative estimate of drug-likeness (QED) is 0.301. The van der Waals surface area contributed by atoms with Gasteiger partial charge in [0.2, 0.25) is 16.0 Å². The van der Waals surface area contributed by atoms with Gasteiger partial charge in [-0.1, -0.05) is 24.6 Å². The molecule has 0 aliphatic rings. The van der Waals surface area contributed by atoms with Crippen LogP contribution < -0.4 is 14.2 Å². The van der Waals surface area contributed by atoms with Crippen molar-refractivity contribution in [1.29, 1.82) is 0 Å². The number of rotatable bonds is 10. The molecule has 12 nitrogen and oxygen atoms in total. The number of anilines is 1. The number of aromatic nitrogens is 7. The van der Waals surface area contributed by atoms with E-state index in [4.69, 9.17) is 21.1 Å². The Balaban J connectivity index is 1.82. The Hall–Kier alpha value is -3.85. The van der Waals surface area contributed by atoms with Crippen molar-refractivity contribution in [3.8, 4) is 28.7 Å². The lowest BCUT2D eigenvalue weighted by Crippen LogP contribution is -2.31. The molecule has 1 aromatic carbocycles. The van der Waals surface area contributed by atoms with Crippen LogP contribution in [-0.2, 0) is 10.0 Å². The maximum absolute atomic E-state index is 13.5. The number of benzene rings is 1. The Labute approximate surface area is 221 Å². The summed E-state index contributed by atoms with van der Waals surface area (Å²) in [4.78, 5) is 8.23. The molecule has 0 amide bonds. The van der Waals surface area contributed by atoms with Crippen molar-refractivity contribution in [2.24, 2.45) is 0 Å². The molecule has 4 rings (SSSR count). The van der Waals surface area contributed by atoms with Crippen LogP contribution in [0.3, 0.4) is 0 Å². The molecule has 0 aliphatic heterocycles. The fourth-order valence-electron chi connectivity index (χ4n) is 3.60. The lowest BCUT2D eigenvalue weighted by atomic mass is 10.1. The SMILES string of the molecule is COc1cccc(OC)c1-n1c(NS(=O)(=O)[C@@H](C)[C@H](C)c2ncc(Cl)cn2)nnc1-c1ccn(C(F)F)n1. The van der Waals surface area contributed by atoms with Crippen LogP contribution in [0.25, 0.3) is 17.2 Å². The van der Waals surface area contributed by atoms with Crippen LogP contribution in [0.5, 0.6) is 11.5 Å². The number of hydrogen-bond acceptors (Lipinski definition) is 9. The average Bonchev–Trinajstić information content (AvgIpc) is 3.55. The molecule has 0 unspecified atom stereocenters. The zero-order valence-corrected chi connectivity index (χ0v) is 22.2. The summed E-state index contributed by atoms with van der Waals surface area (Å²) in [6.07, 6.45) is 3.82. The van der Waals surface area contributed by atoms with Gasteiger partial charge in [-0.05, 0) is 25.1 Å². The third kappa shape index (κ3) is 5.24. The van der Waals surface area contributed by atoms with Gasteiger partial charge in [0.1, 0.15) is 28.7 Å². The second-order valence-electron chi connectivity index (χ2n) is 8.05. The first-order valence-electron chi connectivity index (χ1n) is 11.1. The fourth-order valence-corrected chi connectivity index (χ4v) is 4.93. The summed E-state index contributed by atoms with van der Waals surface area (Å²) in [5.41, 5.74) is 0.232. The highest BCUT2D eigenvalue weighted by Crippen LogP contribution is 2.38. The van der Waals surface area contributed by atoms with Crippen molar-refractivity contribution in [2.75, 3.05) is 18.9 Å². The molecule has 38 heavy (non-hydrogen) atoms. The summed E-state index contributed by atoms with van der Waals surface area (Å²) in [6.45, 7) is 0.251. The monoisotopic (exact) mass is 568 g/mol. The molecule has 4 aromatic rings. The van der Waals surface area contributed by atoms with Crippen LogP contribution in [0.1, 0.15) is 32.1 Å². The van der Waals surface area contributed by atoms with Gasteiger partial charge in [-0.15, -0.1) is 10.2 Å². The number of halogens is 3. The first-order valence-corrected chi connectivity index (χ1v) is 13.0. The van der Waals surface area contributed by atoms with Gasteiger partial charge in [-0.25, -0.2) is 23.1 Å². The zero-order chi connectivity index (χ0) is 27.6. The predicted octanol–water partition coefficient (Wildman–Crippen LogP) is 3.92. The number of methoxy groups -OCH3 is 2. The Kier molecular flexibility index (Phi) is 7.78. The maximum Gasteiger partial charge on any atom is 0.333 e. The number of nitrogens with zero attached hydrogens (tertiary/aromatic N) is 7. The Morgan fingerprint density at radius 1 is 1.03 bits per heavy atom. The summed E-state index contributed by atoms with van der Waals surface area (Å²) in [6, 6.07) is 6.19. The van der Waals surface area contributed by atoms with Crippen LogP contribution in [0.2, 0.25) is 5.02 Å². The second kappa shape index (κ2) is 10.9. The van der Waals surface area contributed by atoms with E-state index in [9.17, 15) is 17.2 Å². The van der Waals surface area contributed by atoms with Crippen LogP contribution in [0.4, 0.5) is 14.7 Å². The van der Waals surface area contributed by atoms with E-state index in [-0.39, 0.29) is 40.5 Å². The number of nitrogens with one attached hydrogen (secondary N) is 1. The van der Waals surface area contributed by atoms with Gasteiger partial charge < -0.3 is 9.47 Å². The van der Waals surface area contributed by atoms with Crippen molar-refractivity contribution in [3.05, 3.63) is 53.7 Å². The average molecular weight is 569 g/mol. The molecule has 0 saturated heterocycles. The number of alkyl halides is 2. The number of hydrogen-bond donors (Lipinski definition) is 1. The molecular weight excluding hydrogens is 546 g/mol. The van der Waals surface area contributed by atoms with Gasteiger partial charge in [-0.2, -0.15) is 13.9 Å². The minimum atomic E-state index is -4.13. The molecule has 0 saturated carbocycles. The highest BCUT2D eigenvalue weighted by molar-refractivity contribution is 7.93. The van der Waals surface area contributed by atoms with Gasteiger partial charge in [0.15, 0.2) is 5.82 Å². The largest absolute Gasteiger partial charge is 0.494 e. The minimum absolute atomic E-state index is 0.00666. The first-order chi connectivity index (χ1) is 18.1. The van der Waals surface area contributed by atoms with Crippen molar-refractivity contribution >= 4 is 27.6 Å². The van der Waals surface area contributed by atoms with Crippen LogP contribution in [-0.4, -0.2) is 62.4 Å². The zero-order valence-electron chi connectivity index (χ0n) is 20.6. The lowest BCUT2D eigenvalue weighted by molar-refractivity contribution is 0.0568. The van der Waals surface area contributed by atoms with Crippen LogP contribution in [0.15, 0.2) is 42.9 Å². The van der Waals surface area contributed by atoms with E-state index in [0.717, 1.165) is 6.20 Å². The van der Waals surface area contributed by atoms with Crippen molar-refractivity contribution in [1.82, 2.24) is 34.5 Å². The molecule has 1 N–H and O–H groups in total. The van der Waals surface area contributed by atoms with Crippen LogP contribution in [0, 0.1) is 0 Å². The summed E-state index contributed by atoms with van der Waals surface area (Å²) in [5.74, 6) is -0.0936. The fraction of sp³-hybridized carbons (Fsp3) is 0.318. The molecule has 2 atom stereocenters. The van der Waals surface area contributed by atoms with E-state index >= 15 is 0 Å². The minimum Gasteiger partial charge on any atom is -0.494 e. The van der Waals surface area contributed by atoms with Gasteiger partial charge in [0, 0.05) is 24.5 Å². The van der Waals surface area contributed by atoms with Crippen molar-refractivity contribution in [3.63, 3.8) is 0 Å². The van der Waals surface area contributed by atoms with E-state index in [0.29, 0.717) is 9.70 Å². The van der Waals surface area contributed by atoms with E-state index in [1.165, 1.54) is 44.2 Å². The summed E-state index contributed by atoms with van der Waals surface area (Å²) in [5, 5.41) is 11.2. The number of sulfonamides is 1. The maximum atomic E-state index is 13.5. The topological polar surface area (TPSA) is 139 Å². The van der Waals surface area contributed by atoms with Crippen molar-refractivity contribution in [2.45, 2.75) is 31.6 Å². The molecule has 3 heterocycles. The molecule has 0 radical (unpaired) electrons. The highest BCUT2D eigenvalue weighted by atomic mass is 35.5. The van der Waals surface area contributed by atoms with Gasteiger partial charge in [-0.3, -0.25) is 9.29 Å². The molecule has 0 spiro atoms. The molecule has 202 valence electrons. The third-order valence-electron chi connectivity index (χ3n) is 5.80.